The summed E-state index contributed by atoms with van der Waals surface area (Å²) in [6.07, 6.45) is 0.876. The van der Waals surface area contributed by atoms with Crippen LogP contribution in [0.1, 0.15) is 27.2 Å². The lowest BCUT2D eigenvalue weighted by Crippen LogP contribution is -2.27. The lowest BCUT2D eigenvalue weighted by molar-refractivity contribution is 0.452. The molecular formula is C18H22N2. The van der Waals surface area contributed by atoms with Gasteiger partial charge >= 0.3 is 0 Å². The number of hydrogen-bond acceptors (Lipinski definition) is 2. The summed E-state index contributed by atoms with van der Waals surface area (Å²) in [5.74, 6) is 0. The maximum absolute atomic E-state index is 9.15. The third kappa shape index (κ3) is 3.11. The van der Waals surface area contributed by atoms with Crippen LogP contribution in [-0.2, 0) is 0 Å². The van der Waals surface area contributed by atoms with Crippen molar-refractivity contribution in [2.24, 2.45) is 5.41 Å². The van der Waals surface area contributed by atoms with Crippen molar-refractivity contribution in [1.29, 1.82) is 5.26 Å². The Morgan fingerprint density at radius 1 is 1.10 bits per heavy atom. The van der Waals surface area contributed by atoms with Gasteiger partial charge < -0.3 is 4.90 Å². The van der Waals surface area contributed by atoms with Crippen molar-refractivity contribution in [3.63, 3.8) is 0 Å². The fourth-order valence-electron chi connectivity index (χ4n) is 2.40. The molecule has 0 aliphatic carbocycles. The molecule has 0 radical (unpaired) electrons. The predicted molar refractivity (Wildman–Crippen MR) is 85.8 cm³/mol. The highest BCUT2D eigenvalue weighted by atomic mass is 15.1. The minimum Gasteiger partial charge on any atom is -0.371 e. The molecular weight excluding hydrogens is 244 g/mol. The van der Waals surface area contributed by atoms with Crippen LogP contribution in [0.25, 0.3) is 10.8 Å². The Bertz CT molecular complexity index is 617. The molecule has 104 valence electrons. The first kappa shape index (κ1) is 14.4. The van der Waals surface area contributed by atoms with Crippen molar-refractivity contribution in [3.05, 3.63) is 42.5 Å². The zero-order valence-electron chi connectivity index (χ0n) is 12.6. The molecule has 2 nitrogen and oxygen atoms in total. The van der Waals surface area contributed by atoms with Crippen molar-refractivity contribution in [2.45, 2.75) is 27.2 Å². The van der Waals surface area contributed by atoms with Gasteiger partial charge in [0.1, 0.15) is 0 Å². The maximum atomic E-state index is 9.15. The van der Waals surface area contributed by atoms with Gasteiger partial charge in [0, 0.05) is 24.2 Å². The van der Waals surface area contributed by atoms with Crippen LogP contribution >= 0.6 is 0 Å². The van der Waals surface area contributed by atoms with Crippen molar-refractivity contribution in [3.8, 4) is 6.07 Å². The first-order valence-electron chi connectivity index (χ1n) is 7.21. The van der Waals surface area contributed by atoms with Crippen LogP contribution in [0.5, 0.6) is 0 Å². The summed E-state index contributed by atoms with van der Waals surface area (Å²) in [7, 11) is 0. The second kappa shape index (κ2) is 5.96. The third-order valence-corrected chi connectivity index (χ3v) is 3.80. The van der Waals surface area contributed by atoms with Gasteiger partial charge in [-0.2, -0.15) is 5.26 Å². The average molecular weight is 266 g/mol. The Kier molecular flexibility index (Phi) is 4.29. The lowest BCUT2D eigenvalue weighted by atomic mass is 9.91. The summed E-state index contributed by atoms with van der Waals surface area (Å²) >= 11 is 0. The fourth-order valence-corrected chi connectivity index (χ4v) is 2.40. The summed E-state index contributed by atoms with van der Waals surface area (Å²) in [5.41, 5.74) is 0.997. The molecule has 0 saturated heterocycles. The largest absolute Gasteiger partial charge is 0.371 e. The molecule has 0 spiro atoms. The zero-order chi connectivity index (χ0) is 14.6. The number of hydrogen-bond donors (Lipinski definition) is 0. The van der Waals surface area contributed by atoms with Gasteiger partial charge in [-0.15, -0.1) is 0 Å². The van der Waals surface area contributed by atoms with Crippen LogP contribution in [-0.4, -0.2) is 13.1 Å². The summed E-state index contributed by atoms with van der Waals surface area (Å²) in [5, 5.41) is 11.7. The Morgan fingerprint density at radius 3 is 2.50 bits per heavy atom. The average Bonchev–Trinajstić information content (AvgIpc) is 2.48. The van der Waals surface area contributed by atoms with E-state index in [1.807, 2.05) is 13.8 Å². The van der Waals surface area contributed by atoms with Gasteiger partial charge in [-0.1, -0.05) is 36.4 Å². The Labute approximate surface area is 121 Å². The highest BCUT2D eigenvalue weighted by molar-refractivity contribution is 5.94. The van der Waals surface area contributed by atoms with E-state index in [9.17, 15) is 0 Å². The maximum Gasteiger partial charge on any atom is 0.0684 e. The first-order chi connectivity index (χ1) is 9.57. The van der Waals surface area contributed by atoms with Gasteiger partial charge in [0.15, 0.2) is 0 Å². The van der Waals surface area contributed by atoms with E-state index in [4.69, 9.17) is 5.26 Å². The molecule has 0 aliphatic heterocycles. The van der Waals surface area contributed by atoms with Gasteiger partial charge in [-0.05, 0) is 38.6 Å². The van der Waals surface area contributed by atoms with Gasteiger partial charge in [-0.3, -0.25) is 0 Å². The van der Waals surface area contributed by atoms with Crippen LogP contribution in [0.3, 0.4) is 0 Å². The number of nitrogens with zero attached hydrogens (tertiary/aromatic N) is 2. The van der Waals surface area contributed by atoms with E-state index in [2.05, 4.69) is 60.4 Å². The van der Waals surface area contributed by atoms with Crippen LogP contribution < -0.4 is 4.90 Å². The van der Waals surface area contributed by atoms with Crippen molar-refractivity contribution in [1.82, 2.24) is 0 Å². The van der Waals surface area contributed by atoms with E-state index >= 15 is 0 Å². The van der Waals surface area contributed by atoms with Crippen molar-refractivity contribution < 1.29 is 0 Å². The molecule has 2 rings (SSSR count). The minimum absolute atomic E-state index is 0.266. The fraction of sp³-hybridized carbons (Fsp3) is 0.389. The topological polar surface area (TPSA) is 27.0 Å². The summed E-state index contributed by atoms with van der Waals surface area (Å²) in [6.45, 7) is 8.04. The van der Waals surface area contributed by atoms with Gasteiger partial charge in [0.2, 0.25) is 0 Å². The first-order valence-corrected chi connectivity index (χ1v) is 7.21. The predicted octanol–water partition coefficient (Wildman–Crippen LogP) is 4.61. The zero-order valence-corrected chi connectivity index (χ0v) is 12.6. The molecule has 0 N–H and O–H groups in total. The van der Waals surface area contributed by atoms with Crippen LogP contribution in [0, 0.1) is 16.7 Å². The van der Waals surface area contributed by atoms with Gasteiger partial charge in [0.05, 0.1) is 11.5 Å². The molecule has 0 amide bonds. The smallest absolute Gasteiger partial charge is 0.0684 e. The van der Waals surface area contributed by atoms with E-state index in [0.29, 0.717) is 0 Å². The second-order valence-electron chi connectivity index (χ2n) is 5.82. The van der Waals surface area contributed by atoms with Crippen molar-refractivity contribution in [2.75, 3.05) is 18.0 Å². The lowest BCUT2D eigenvalue weighted by Gasteiger charge is -2.27. The molecule has 2 aromatic carbocycles. The minimum atomic E-state index is -0.266. The second-order valence-corrected chi connectivity index (χ2v) is 5.82. The molecule has 2 aromatic rings. The Balaban J connectivity index is 2.29. The number of fused-ring (bicyclic) bond motifs is 1. The quantitative estimate of drug-likeness (QED) is 0.790. The van der Waals surface area contributed by atoms with E-state index in [-0.39, 0.29) is 5.41 Å². The molecule has 2 heteroatoms. The van der Waals surface area contributed by atoms with Gasteiger partial charge in [0.25, 0.3) is 0 Å². The Hall–Kier alpha value is -2.01. The standard InChI is InChI=1S/C18H22N2/c1-4-20(13-12-18(2,3)14-19)17-11-7-9-15-8-5-6-10-16(15)17/h5-11H,4,12-13H2,1-3H3. The molecule has 0 unspecified atom stereocenters. The van der Waals surface area contributed by atoms with E-state index in [0.717, 1.165) is 19.5 Å². The molecule has 0 aliphatic rings. The van der Waals surface area contributed by atoms with Crippen LogP contribution in [0.2, 0.25) is 0 Å². The SMILES string of the molecule is CCN(CCC(C)(C)C#N)c1cccc2ccccc12. The molecule has 0 fully saturated rings. The normalized spacial score (nSPS) is 11.3. The molecule has 0 heterocycles. The van der Waals surface area contributed by atoms with Gasteiger partial charge in [-0.25, -0.2) is 0 Å². The van der Waals surface area contributed by atoms with Crippen LogP contribution in [0.4, 0.5) is 5.69 Å². The Morgan fingerprint density at radius 2 is 1.80 bits per heavy atom. The highest BCUT2D eigenvalue weighted by Gasteiger charge is 2.18. The third-order valence-electron chi connectivity index (χ3n) is 3.80. The molecule has 0 bridgehead atoms. The number of benzene rings is 2. The molecule has 20 heavy (non-hydrogen) atoms. The highest BCUT2D eigenvalue weighted by Crippen LogP contribution is 2.28. The van der Waals surface area contributed by atoms with Crippen molar-refractivity contribution >= 4 is 16.5 Å². The summed E-state index contributed by atoms with van der Waals surface area (Å²) in [6, 6.07) is 17.3. The molecule has 0 saturated carbocycles. The number of anilines is 1. The number of nitriles is 1. The summed E-state index contributed by atoms with van der Waals surface area (Å²) < 4.78 is 0. The molecule has 0 atom stereocenters. The van der Waals surface area contributed by atoms with Crippen LogP contribution in [0.15, 0.2) is 42.5 Å². The van der Waals surface area contributed by atoms with E-state index in [1.165, 1.54) is 16.5 Å². The molecule has 0 aromatic heterocycles. The van der Waals surface area contributed by atoms with E-state index < -0.39 is 0 Å². The number of rotatable bonds is 5. The van der Waals surface area contributed by atoms with E-state index in [1.54, 1.807) is 0 Å². The monoisotopic (exact) mass is 266 g/mol. The summed E-state index contributed by atoms with van der Waals surface area (Å²) in [4.78, 5) is 2.36.